The molecule has 2 nitrogen and oxygen atoms in total. The number of nitrogens with zero attached hydrogens (tertiary/aromatic N) is 1. The van der Waals surface area contributed by atoms with Crippen molar-refractivity contribution in [1.29, 1.82) is 0 Å². The van der Waals surface area contributed by atoms with Gasteiger partial charge in [-0.2, -0.15) is 0 Å². The molecule has 1 N–H and O–H groups in total. The highest BCUT2D eigenvalue weighted by atomic mass is 15.2. The first-order chi connectivity index (χ1) is 8.91. The Morgan fingerprint density at radius 3 is 2.32 bits per heavy atom. The lowest BCUT2D eigenvalue weighted by Gasteiger charge is -2.41. The molecule has 0 heterocycles. The predicted octanol–water partition coefficient (Wildman–Crippen LogP) is 3.77. The second-order valence-electron chi connectivity index (χ2n) is 7.45. The topological polar surface area (TPSA) is 15.3 Å². The van der Waals surface area contributed by atoms with Crippen molar-refractivity contribution in [3.8, 4) is 0 Å². The van der Waals surface area contributed by atoms with E-state index in [1.54, 1.807) is 0 Å². The van der Waals surface area contributed by atoms with Gasteiger partial charge in [0, 0.05) is 18.6 Å². The van der Waals surface area contributed by atoms with Crippen LogP contribution in [0.2, 0.25) is 0 Å². The molecule has 1 fully saturated rings. The van der Waals surface area contributed by atoms with Gasteiger partial charge in [-0.25, -0.2) is 0 Å². The zero-order valence-electron chi connectivity index (χ0n) is 14.1. The first-order valence-electron chi connectivity index (χ1n) is 8.34. The van der Waals surface area contributed by atoms with Crippen molar-refractivity contribution in [1.82, 2.24) is 10.2 Å². The molecular weight excluding hydrogens is 232 g/mol. The molecule has 0 radical (unpaired) electrons. The first-order valence-corrected chi connectivity index (χ1v) is 8.34. The number of rotatable bonds is 7. The molecule has 2 heteroatoms. The van der Waals surface area contributed by atoms with Crippen LogP contribution in [0.5, 0.6) is 0 Å². The van der Waals surface area contributed by atoms with Crippen molar-refractivity contribution >= 4 is 0 Å². The average molecular weight is 268 g/mol. The van der Waals surface area contributed by atoms with Crippen molar-refractivity contribution in [2.24, 2.45) is 17.8 Å². The van der Waals surface area contributed by atoms with Gasteiger partial charge >= 0.3 is 0 Å². The molecule has 0 saturated heterocycles. The van der Waals surface area contributed by atoms with E-state index >= 15 is 0 Å². The van der Waals surface area contributed by atoms with E-state index in [0.29, 0.717) is 6.04 Å². The lowest BCUT2D eigenvalue weighted by molar-refractivity contribution is 0.0917. The van der Waals surface area contributed by atoms with Crippen LogP contribution in [0.15, 0.2) is 0 Å². The van der Waals surface area contributed by atoms with Gasteiger partial charge in [0.2, 0.25) is 0 Å². The lowest BCUT2D eigenvalue weighted by Crippen LogP contribution is -2.49. The van der Waals surface area contributed by atoms with Crippen molar-refractivity contribution in [3.63, 3.8) is 0 Å². The van der Waals surface area contributed by atoms with E-state index in [2.05, 4.69) is 51.9 Å². The molecule has 3 atom stereocenters. The second kappa shape index (κ2) is 8.26. The van der Waals surface area contributed by atoms with Crippen molar-refractivity contribution in [2.75, 3.05) is 20.1 Å². The van der Waals surface area contributed by atoms with E-state index in [4.69, 9.17) is 0 Å². The number of hydrogen-bond acceptors (Lipinski definition) is 2. The summed E-state index contributed by atoms with van der Waals surface area (Å²) in [6, 6.07) is 1.48. The summed E-state index contributed by atoms with van der Waals surface area (Å²) in [4.78, 5) is 2.67. The third kappa shape index (κ3) is 5.83. The highest BCUT2D eigenvalue weighted by molar-refractivity contribution is 4.84. The van der Waals surface area contributed by atoms with Crippen molar-refractivity contribution < 1.29 is 0 Å². The fourth-order valence-corrected chi connectivity index (χ4v) is 3.41. The fourth-order valence-electron chi connectivity index (χ4n) is 3.41. The monoisotopic (exact) mass is 268 g/mol. The summed E-state index contributed by atoms with van der Waals surface area (Å²) >= 11 is 0. The Labute approximate surface area is 121 Å². The molecule has 1 saturated carbocycles. The van der Waals surface area contributed by atoms with Gasteiger partial charge in [-0.15, -0.1) is 0 Å². The van der Waals surface area contributed by atoms with E-state index in [1.165, 1.54) is 25.7 Å². The van der Waals surface area contributed by atoms with Crippen LogP contribution in [0.3, 0.4) is 0 Å². The van der Waals surface area contributed by atoms with Crippen molar-refractivity contribution in [2.45, 2.75) is 72.4 Å². The highest BCUT2D eigenvalue weighted by Gasteiger charge is 2.28. The molecule has 114 valence electrons. The molecule has 1 aliphatic carbocycles. The Balaban J connectivity index is 2.49. The molecule has 0 aromatic rings. The average Bonchev–Trinajstić information content (AvgIpc) is 2.33. The molecule has 1 rings (SSSR count). The van der Waals surface area contributed by atoms with Crippen LogP contribution in [0, 0.1) is 17.8 Å². The second-order valence-corrected chi connectivity index (χ2v) is 7.45. The summed E-state index contributed by atoms with van der Waals surface area (Å²) in [6.45, 7) is 14.0. The van der Waals surface area contributed by atoms with E-state index in [1.807, 2.05) is 0 Å². The Morgan fingerprint density at radius 2 is 1.79 bits per heavy atom. The summed E-state index contributed by atoms with van der Waals surface area (Å²) in [7, 11) is 2.35. The minimum absolute atomic E-state index is 0.675. The number of likely N-dealkylation sites (N-methyl/N-ethyl adjacent to an activating group) is 1. The molecule has 19 heavy (non-hydrogen) atoms. The minimum Gasteiger partial charge on any atom is -0.315 e. The van der Waals surface area contributed by atoms with Gasteiger partial charge in [-0.05, 0) is 44.2 Å². The maximum atomic E-state index is 3.66. The van der Waals surface area contributed by atoms with E-state index in [0.717, 1.165) is 36.9 Å². The Kier molecular flexibility index (Phi) is 7.38. The maximum Gasteiger partial charge on any atom is 0.0243 e. The van der Waals surface area contributed by atoms with Crippen LogP contribution in [0.25, 0.3) is 0 Å². The van der Waals surface area contributed by atoms with Gasteiger partial charge in [0.15, 0.2) is 0 Å². The first kappa shape index (κ1) is 17.0. The van der Waals surface area contributed by atoms with Crippen LogP contribution in [0.4, 0.5) is 0 Å². The quantitative estimate of drug-likeness (QED) is 0.756. The summed E-state index contributed by atoms with van der Waals surface area (Å²) in [5.74, 6) is 2.38. The van der Waals surface area contributed by atoms with Gasteiger partial charge in [0.1, 0.15) is 0 Å². The molecular formula is C17H36N2. The van der Waals surface area contributed by atoms with Gasteiger partial charge in [-0.1, -0.05) is 47.5 Å². The zero-order valence-corrected chi connectivity index (χ0v) is 14.1. The molecule has 0 spiro atoms. The number of nitrogens with one attached hydrogen (secondary N) is 1. The normalized spacial score (nSPS) is 26.4. The molecule has 0 bridgehead atoms. The standard InChI is InChI=1S/C17H36N2/c1-13(2)11-18-12-17(14(3)4)19(6)16-9-7-8-15(5)10-16/h13-18H,7-12H2,1-6H3. The molecule has 1 aliphatic rings. The van der Waals surface area contributed by atoms with Gasteiger partial charge in [0.05, 0.1) is 0 Å². The van der Waals surface area contributed by atoms with Gasteiger partial charge in [-0.3, -0.25) is 4.90 Å². The molecule has 0 aliphatic heterocycles. The Bertz CT molecular complexity index is 237. The smallest absolute Gasteiger partial charge is 0.0243 e. The third-order valence-corrected chi connectivity index (χ3v) is 4.68. The lowest BCUT2D eigenvalue weighted by atomic mass is 9.85. The summed E-state index contributed by atoms with van der Waals surface area (Å²) in [5, 5.41) is 3.66. The maximum absolute atomic E-state index is 3.66. The summed E-state index contributed by atoms with van der Waals surface area (Å²) in [6.07, 6.45) is 5.64. The predicted molar refractivity (Wildman–Crippen MR) is 85.5 cm³/mol. The number of hydrogen-bond donors (Lipinski definition) is 1. The molecule has 0 aromatic heterocycles. The van der Waals surface area contributed by atoms with Crippen LogP contribution in [-0.4, -0.2) is 37.1 Å². The van der Waals surface area contributed by atoms with Crippen LogP contribution in [0.1, 0.15) is 60.3 Å². The van der Waals surface area contributed by atoms with Crippen LogP contribution in [-0.2, 0) is 0 Å². The van der Waals surface area contributed by atoms with Gasteiger partial charge in [0.25, 0.3) is 0 Å². The van der Waals surface area contributed by atoms with Crippen molar-refractivity contribution in [3.05, 3.63) is 0 Å². The minimum atomic E-state index is 0.675. The molecule has 0 aromatic carbocycles. The summed E-state index contributed by atoms with van der Waals surface area (Å²) < 4.78 is 0. The van der Waals surface area contributed by atoms with E-state index < -0.39 is 0 Å². The third-order valence-electron chi connectivity index (χ3n) is 4.68. The highest BCUT2D eigenvalue weighted by Crippen LogP contribution is 2.28. The molecule has 3 unspecified atom stereocenters. The Morgan fingerprint density at radius 1 is 1.11 bits per heavy atom. The SMILES string of the molecule is CC(C)CNCC(C(C)C)N(C)C1CCCC(C)C1. The largest absolute Gasteiger partial charge is 0.315 e. The Hall–Kier alpha value is -0.0800. The fraction of sp³-hybridized carbons (Fsp3) is 1.00. The summed E-state index contributed by atoms with van der Waals surface area (Å²) in [5.41, 5.74) is 0. The van der Waals surface area contributed by atoms with Gasteiger partial charge < -0.3 is 5.32 Å². The zero-order chi connectivity index (χ0) is 14.4. The van der Waals surface area contributed by atoms with E-state index in [-0.39, 0.29) is 0 Å². The van der Waals surface area contributed by atoms with Crippen LogP contribution >= 0.6 is 0 Å². The molecule has 0 amide bonds. The van der Waals surface area contributed by atoms with E-state index in [9.17, 15) is 0 Å². The van der Waals surface area contributed by atoms with Crippen LogP contribution < -0.4 is 5.32 Å².